The summed E-state index contributed by atoms with van der Waals surface area (Å²) in [7, 11) is 0. The van der Waals surface area contributed by atoms with Gasteiger partial charge in [0, 0.05) is 11.6 Å². The van der Waals surface area contributed by atoms with Gasteiger partial charge in [-0.25, -0.2) is 0 Å². The Kier molecular flexibility index (Phi) is 3.28. The van der Waals surface area contributed by atoms with Gasteiger partial charge in [0.15, 0.2) is 11.6 Å². The summed E-state index contributed by atoms with van der Waals surface area (Å²) in [6.45, 7) is 0. The molecule has 2 aromatic rings. The molecule has 0 spiro atoms. The first-order chi connectivity index (χ1) is 8.84. The van der Waals surface area contributed by atoms with Crippen molar-refractivity contribution in [2.45, 2.75) is 18.8 Å². The lowest BCUT2D eigenvalue weighted by Crippen LogP contribution is -2.08. The SMILES string of the molecule is Nc1cc(-c2ccccc2C2CCSCC2)on1. The van der Waals surface area contributed by atoms with E-state index in [1.54, 1.807) is 6.07 Å². The van der Waals surface area contributed by atoms with E-state index >= 15 is 0 Å². The first-order valence-corrected chi connectivity index (χ1v) is 7.39. The zero-order valence-electron chi connectivity index (χ0n) is 10.1. The van der Waals surface area contributed by atoms with E-state index in [0.29, 0.717) is 11.7 Å². The zero-order valence-corrected chi connectivity index (χ0v) is 11.0. The van der Waals surface area contributed by atoms with Crippen molar-refractivity contribution in [1.29, 1.82) is 0 Å². The van der Waals surface area contributed by atoms with Crippen LogP contribution in [0.2, 0.25) is 0 Å². The lowest BCUT2D eigenvalue weighted by atomic mass is 9.89. The molecule has 0 bridgehead atoms. The van der Waals surface area contributed by atoms with Gasteiger partial charge in [-0.1, -0.05) is 29.4 Å². The highest BCUT2D eigenvalue weighted by Gasteiger charge is 2.20. The summed E-state index contributed by atoms with van der Waals surface area (Å²) < 4.78 is 5.30. The largest absolute Gasteiger partial charge is 0.381 e. The molecule has 1 aliphatic heterocycles. The molecule has 3 rings (SSSR count). The Bertz CT molecular complexity index is 532. The number of hydrogen-bond donors (Lipinski definition) is 1. The first-order valence-electron chi connectivity index (χ1n) is 6.24. The van der Waals surface area contributed by atoms with Crippen LogP contribution in [0.15, 0.2) is 34.9 Å². The normalized spacial score (nSPS) is 16.9. The monoisotopic (exact) mass is 260 g/mol. The Morgan fingerprint density at radius 3 is 2.72 bits per heavy atom. The van der Waals surface area contributed by atoms with Gasteiger partial charge in [0.2, 0.25) is 0 Å². The molecule has 18 heavy (non-hydrogen) atoms. The molecular weight excluding hydrogens is 244 g/mol. The number of nitrogen functional groups attached to an aromatic ring is 1. The molecule has 2 heterocycles. The van der Waals surface area contributed by atoms with Crippen molar-refractivity contribution >= 4 is 17.6 Å². The molecule has 1 saturated heterocycles. The van der Waals surface area contributed by atoms with Crippen molar-refractivity contribution in [3.63, 3.8) is 0 Å². The topological polar surface area (TPSA) is 52.0 Å². The number of aromatic nitrogens is 1. The molecule has 3 nitrogen and oxygen atoms in total. The molecule has 0 radical (unpaired) electrons. The molecule has 0 unspecified atom stereocenters. The van der Waals surface area contributed by atoms with E-state index in [-0.39, 0.29) is 0 Å². The Morgan fingerprint density at radius 2 is 2.00 bits per heavy atom. The lowest BCUT2D eigenvalue weighted by Gasteiger charge is -2.23. The van der Waals surface area contributed by atoms with Gasteiger partial charge in [-0.15, -0.1) is 0 Å². The van der Waals surface area contributed by atoms with Crippen LogP contribution in [0.5, 0.6) is 0 Å². The Labute approximate surface area is 111 Å². The molecule has 1 aromatic carbocycles. The van der Waals surface area contributed by atoms with Crippen LogP contribution in [0.25, 0.3) is 11.3 Å². The number of hydrogen-bond acceptors (Lipinski definition) is 4. The number of benzene rings is 1. The summed E-state index contributed by atoms with van der Waals surface area (Å²) in [5.74, 6) is 4.35. The number of anilines is 1. The molecule has 1 fully saturated rings. The van der Waals surface area contributed by atoms with Crippen LogP contribution >= 0.6 is 11.8 Å². The second-order valence-corrected chi connectivity index (χ2v) is 5.81. The van der Waals surface area contributed by atoms with Crippen LogP contribution in [-0.2, 0) is 0 Å². The predicted octanol–water partition coefficient (Wildman–Crippen LogP) is 3.53. The first kappa shape index (κ1) is 11.7. The van der Waals surface area contributed by atoms with Crippen LogP contribution in [0.4, 0.5) is 5.82 Å². The van der Waals surface area contributed by atoms with E-state index in [4.69, 9.17) is 10.3 Å². The van der Waals surface area contributed by atoms with E-state index in [9.17, 15) is 0 Å². The summed E-state index contributed by atoms with van der Waals surface area (Å²) in [5.41, 5.74) is 8.14. The maximum absolute atomic E-state index is 5.64. The van der Waals surface area contributed by atoms with Gasteiger partial charge < -0.3 is 10.3 Å². The van der Waals surface area contributed by atoms with Gasteiger partial charge in [0.05, 0.1) is 0 Å². The van der Waals surface area contributed by atoms with E-state index in [1.807, 2.05) is 17.8 Å². The van der Waals surface area contributed by atoms with Crippen molar-refractivity contribution in [2.75, 3.05) is 17.2 Å². The minimum atomic E-state index is 0.444. The molecular formula is C14H16N2OS. The summed E-state index contributed by atoms with van der Waals surface area (Å²) in [6, 6.07) is 10.2. The number of thioether (sulfide) groups is 1. The molecule has 0 amide bonds. The van der Waals surface area contributed by atoms with Crippen LogP contribution in [0.1, 0.15) is 24.3 Å². The second-order valence-electron chi connectivity index (χ2n) is 4.59. The highest BCUT2D eigenvalue weighted by atomic mass is 32.2. The molecule has 1 aliphatic rings. The average molecular weight is 260 g/mol. The molecule has 0 atom stereocenters. The Morgan fingerprint density at radius 1 is 1.22 bits per heavy atom. The highest BCUT2D eigenvalue weighted by molar-refractivity contribution is 7.99. The molecule has 0 aliphatic carbocycles. The van der Waals surface area contributed by atoms with Crippen molar-refractivity contribution in [3.05, 3.63) is 35.9 Å². The van der Waals surface area contributed by atoms with Gasteiger partial charge >= 0.3 is 0 Å². The summed E-state index contributed by atoms with van der Waals surface area (Å²) in [6.07, 6.45) is 2.48. The summed E-state index contributed by atoms with van der Waals surface area (Å²) >= 11 is 2.04. The van der Waals surface area contributed by atoms with E-state index in [0.717, 1.165) is 11.3 Å². The van der Waals surface area contributed by atoms with Crippen LogP contribution in [-0.4, -0.2) is 16.7 Å². The third-order valence-electron chi connectivity index (χ3n) is 3.42. The van der Waals surface area contributed by atoms with Crippen LogP contribution < -0.4 is 5.73 Å². The van der Waals surface area contributed by atoms with E-state index in [2.05, 4.69) is 23.4 Å². The molecule has 4 heteroatoms. The van der Waals surface area contributed by atoms with Gasteiger partial charge in [-0.2, -0.15) is 11.8 Å². The molecule has 1 aromatic heterocycles. The summed E-state index contributed by atoms with van der Waals surface area (Å²) in [5, 5.41) is 3.78. The number of rotatable bonds is 2. The highest BCUT2D eigenvalue weighted by Crippen LogP contribution is 2.37. The number of nitrogens with two attached hydrogens (primary N) is 1. The number of nitrogens with zero attached hydrogens (tertiary/aromatic N) is 1. The fourth-order valence-corrected chi connectivity index (χ4v) is 3.61. The van der Waals surface area contributed by atoms with Gasteiger partial charge in [-0.05, 0) is 35.8 Å². The fourth-order valence-electron chi connectivity index (χ4n) is 2.50. The third-order valence-corrected chi connectivity index (χ3v) is 4.46. The smallest absolute Gasteiger partial charge is 0.169 e. The van der Waals surface area contributed by atoms with Gasteiger partial charge in [-0.3, -0.25) is 0 Å². The quantitative estimate of drug-likeness (QED) is 0.897. The minimum Gasteiger partial charge on any atom is -0.381 e. The van der Waals surface area contributed by atoms with Crippen molar-refractivity contribution in [3.8, 4) is 11.3 Å². The molecule has 2 N–H and O–H groups in total. The standard InChI is InChI=1S/C14H16N2OS/c15-14-9-13(17-16-14)12-4-2-1-3-11(12)10-5-7-18-8-6-10/h1-4,9-10H,5-8H2,(H2,15,16). The third kappa shape index (κ3) is 2.25. The predicted molar refractivity (Wildman–Crippen MR) is 75.7 cm³/mol. The zero-order chi connectivity index (χ0) is 12.4. The maximum atomic E-state index is 5.64. The Hall–Kier alpha value is -1.42. The second kappa shape index (κ2) is 5.06. The minimum absolute atomic E-state index is 0.444. The van der Waals surface area contributed by atoms with Crippen LogP contribution in [0, 0.1) is 0 Å². The van der Waals surface area contributed by atoms with E-state index in [1.165, 1.54) is 29.9 Å². The maximum Gasteiger partial charge on any atom is 0.169 e. The van der Waals surface area contributed by atoms with Gasteiger partial charge in [0.25, 0.3) is 0 Å². The van der Waals surface area contributed by atoms with Crippen molar-refractivity contribution in [1.82, 2.24) is 5.16 Å². The fraction of sp³-hybridized carbons (Fsp3) is 0.357. The van der Waals surface area contributed by atoms with Crippen LogP contribution in [0.3, 0.4) is 0 Å². The summed E-state index contributed by atoms with van der Waals surface area (Å²) in [4.78, 5) is 0. The van der Waals surface area contributed by atoms with E-state index < -0.39 is 0 Å². The molecule has 0 saturated carbocycles. The lowest BCUT2D eigenvalue weighted by molar-refractivity contribution is 0.435. The van der Waals surface area contributed by atoms with Crippen molar-refractivity contribution in [2.24, 2.45) is 0 Å². The Balaban J connectivity index is 1.99. The molecule has 94 valence electrons. The van der Waals surface area contributed by atoms with Crippen molar-refractivity contribution < 1.29 is 4.52 Å². The average Bonchev–Trinajstić information content (AvgIpc) is 2.86. The van der Waals surface area contributed by atoms with Gasteiger partial charge in [0.1, 0.15) is 0 Å².